The number of nitrogens with two attached hydrogens (primary N) is 1. The highest BCUT2D eigenvalue weighted by Gasteiger charge is 2.33. The predicted octanol–water partition coefficient (Wildman–Crippen LogP) is -0.855. The summed E-state index contributed by atoms with van der Waals surface area (Å²) in [6, 6.07) is 0.560. The highest BCUT2D eigenvalue weighted by Crippen LogP contribution is 2.22. The highest BCUT2D eigenvalue weighted by atomic mass is 16.2. The maximum atomic E-state index is 11.4. The number of amides is 1. The summed E-state index contributed by atoms with van der Waals surface area (Å²) in [5.74, 6) is 5.07. The number of rotatable bonds is 2. The van der Waals surface area contributed by atoms with Gasteiger partial charge in [0, 0.05) is 25.7 Å². The molecule has 0 spiro atoms. The van der Waals surface area contributed by atoms with Crippen molar-refractivity contribution in [3.05, 3.63) is 0 Å². The minimum Gasteiger partial charge on any atom is -0.298 e. The SMILES string of the molecule is CC(C(=O)NN)N1CCN2CCCC2C1. The van der Waals surface area contributed by atoms with Crippen LogP contribution in [0.5, 0.6) is 0 Å². The first-order chi connectivity index (χ1) is 7.22. The fourth-order valence-electron chi connectivity index (χ4n) is 2.65. The zero-order valence-corrected chi connectivity index (χ0v) is 9.28. The molecule has 0 bridgehead atoms. The number of carbonyl (C=O) groups is 1. The van der Waals surface area contributed by atoms with Crippen LogP contribution < -0.4 is 11.3 Å². The molecule has 2 aliphatic rings. The van der Waals surface area contributed by atoms with Crippen molar-refractivity contribution < 1.29 is 4.79 Å². The zero-order chi connectivity index (χ0) is 10.8. The van der Waals surface area contributed by atoms with Gasteiger partial charge in [-0.15, -0.1) is 0 Å². The molecule has 5 nitrogen and oxygen atoms in total. The van der Waals surface area contributed by atoms with Crippen molar-refractivity contribution in [2.24, 2.45) is 5.84 Å². The van der Waals surface area contributed by atoms with Crippen molar-refractivity contribution in [3.63, 3.8) is 0 Å². The van der Waals surface area contributed by atoms with Crippen molar-refractivity contribution in [3.8, 4) is 0 Å². The largest absolute Gasteiger partial charge is 0.298 e. The standard InChI is InChI=1S/C10H20N4O/c1-8(10(15)12-11)14-6-5-13-4-2-3-9(13)7-14/h8-9H,2-7,11H2,1H3,(H,12,15). The molecule has 2 rings (SSSR count). The Morgan fingerprint density at radius 3 is 3.00 bits per heavy atom. The Morgan fingerprint density at radius 1 is 1.47 bits per heavy atom. The average Bonchev–Trinajstić information content (AvgIpc) is 2.73. The molecule has 0 radical (unpaired) electrons. The molecule has 0 saturated carbocycles. The first kappa shape index (κ1) is 10.9. The summed E-state index contributed by atoms with van der Waals surface area (Å²) in [7, 11) is 0. The van der Waals surface area contributed by atoms with Gasteiger partial charge in [0.05, 0.1) is 6.04 Å². The molecule has 2 saturated heterocycles. The fourth-order valence-corrected chi connectivity index (χ4v) is 2.65. The Bertz CT molecular complexity index is 246. The highest BCUT2D eigenvalue weighted by molar-refractivity contribution is 5.80. The minimum atomic E-state index is -0.0993. The van der Waals surface area contributed by atoms with Crippen LogP contribution in [0, 0.1) is 0 Å². The van der Waals surface area contributed by atoms with Gasteiger partial charge in [-0.2, -0.15) is 0 Å². The van der Waals surface area contributed by atoms with Crippen molar-refractivity contribution >= 4 is 5.91 Å². The molecule has 2 unspecified atom stereocenters. The lowest BCUT2D eigenvalue weighted by Gasteiger charge is -2.39. The Labute approximate surface area is 90.6 Å². The van der Waals surface area contributed by atoms with E-state index in [0.717, 1.165) is 19.6 Å². The molecule has 0 aromatic rings. The van der Waals surface area contributed by atoms with Gasteiger partial charge < -0.3 is 0 Å². The number of hydrazine groups is 1. The zero-order valence-electron chi connectivity index (χ0n) is 9.28. The molecule has 3 N–H and O–H groups in total. The topological polar surface area (TPSA) is 61.6 Å². The molecule has 2 atom stereocenters. The van der Waals surface area contributed by atoms with Gasteiger partial charge in [-0.1, -0.05) is 0 Å². The molecule has 86 valence electrons. The number of nitrogens with zero attached hydrogens (tertiary/aromatic N) is 2. The Balaban J connectivity index is 1.92. The van der Waals surface area contributed by atoms with Crippen LogP contribution >= 0.6 is 0 Å². The summed E-state index contributed by atoms with van der Waals surface area (Å²) in [6.07, 6.45) is 2.57. The first-order valence-electron chi connectivity index (χ1n) is 5.71. The molecular weight excluding hydrogens is 192 g/mol. The van der Waals surface area contributed by atoms with Crippen molar-refractivity contribution in [2.75, 3.05) is 26.2 Å². The molecule has 2 fully saturated rings. The van der Waals surface area contributed by atoms with E-state index in [1.807, 2.05) is 6.92 Å². The molecule has 2 aliphatic heterocycles. The van der Waals surface area contributed by atoms with Crippen LogP contribution in [0.25, 0.3) is 0 Å². The molecule has 2 heterocycles. The van der Waals surface area contributed by atoms with Gasteiger partial charge in [0.25, 0.3) is 5.91 Å². The maximum Gasteiger partial charge on any atom is 0.250 e. The van der Waals surface area contributed by atoms with Crippen molar-refractivity contribution in [2.45, 2.75) is 31.8 Å². The molecular formula is C10H20N4O. The van der Waals surface area contributed by atoms with E-state index in [2.05, 4.69) is 15.2 Å². The fraction of sp³-hybridized carbons (Fsp3) is 0.900. The van der Waals surface area contributed by atoms with E-state index in [1.165, 1.54) is 19.4 Å². The van der Waals surface area contributed by atoms with Gasteiger partial charge in [-0.05, 0) is 26.3 Å². The first-order valence-corrected chi connectivity index (χ1v) is 5.71. The predicted molar refractivity (Wildman–Crippen MR) is 58.0 cm³/mol. The van der Waals surface area contributed by atoms with E-state index < -0.39 is 0 Å². The van der Waals surface area contributed by atoms with Gasteiger partial charge in [0.15, 0.2) is 0 Å². The normalized spacial score (nSPS) is 29.9. The van der Waals surface area contributed by atoms with Gasteiger partial charge >= 0.3 is 0 Å². The maximum absolute atomic E-state index is 11.4. The summed E-state index contributed by atoms with van der Waals surface area (Å²) in [6.45, 7) is 6.23. The number of hydrogen-bond donors (Lipinski definition) is 2. The van der Waals surface area contributed by atoms with E-state index >= 15 is 0 Å². The van der Waals surface area contributed by atoms with E-state index in [-0.39, 0.29) is 11.9 Å². The second kappa shape index (κ2) is 4.47. The summed E-state index contributed by atoms with van der Waals surface area (Å²) in [5, 5.41) is 0. The number of carbonyl (C=O) groups excluding carboxylic acids is 1. The van der Waals surface area contributed by atoms with E-state index in [0.29, 0.717) is 6.04 Å². The number of fused-ring (bicyclic) bond motifs is 1. The van der Waals surface area contributed by atoms with Crippen molar-refractivity contribution in [1.82, 2.24) is 15.2 Å². The lowest BCUT2D eigenvalue weighted by Crippen LogP contribution is -2.56. The molecule has 0 aromatic carbocycles. The lowest BCUT2D eigenvalue weighted by molar-refractivity contribution is -0.126. The molecule has 1 amide bonds. The van der Waals surface area contributed by atoms with Gasteiger partial charge in [0.1, 0.15) is 0 Å². The van der Waals surface area contributed by atoms with Crippen LogP contribution in [0.2, 0.25) is 0 Å². The monoisotopic (exact) mass is 212 g/mol. The molecule has 0 aromatic heterocycles. The van der Waals surface area contributed by atoms with Crippen molar-refractivity contribution in [1.29, 1.82) is 0 Å². The van der Waals surface area contributed by atoms with Gasteiger partial charge in [-0.3, -0.25) is 20.0 Å². The molecule has 0 aliphatic carbocycles. The summed E-state index contributed by atoms with van der Waals surface area (Å²) < 4.78 is 0. The number of nitrogens with one attached hydrogen (secondary N) is 1. The smallest absolute Gasteiger partial charge is 0.250 e. The quantitative estimate of drug-likeness (QED) is 0.355. The third-order valence-electron chi connectivity index (χ3n) is 3.69. The average molecular weight is 212 g/mol. The second-order valence-electron chi connectivity index (χ2n) is 4.51. The summed E-state index contributed by atoms with van der Waals surface area (Å²) in [5.41, 5.74) is 2.23. The molecule has 15 heavy (non-hydrogen) atoms. The van der Waals surface area contributed by atoms with Crippen LogP contribution in [0.3, 0.4) is 0 Å². The van der Waals surface area contributed by atoms with Crippen LogP contribution in [0.15, 0.2) is 0 Å². The van der Waals surface area contributed by atoms with Crippen LogP contribution in [0.4, 0.5) is 0 Å². The summed E-state index contributed by atoms with van der Waals surface area (Å²) >= 11 is 0. The number of hydrogen-bond acceptors (Lipinski definition) is 4. The van der Waals surface area contributed by atoms with E-state index in [4.69, 9.17) is 5.84 Å². The lowest BCUT2D eigenvalue weighted by atomic mass is 10.1. The van der Waals surface area contributed by atoms with E-state index in [1.54, 1.807) is 0 Å². The second-order valence-corrected chi connectivity index (χ2v) is 4.51. The third kappa shape index (κ3) is 2.14. The van der Waals surface area contributed by atoms with Crippen LogP contribution in [0.1, 0.15) is 19.8 Å². The van der Waals surface area contributed by atoms with Gasteiger partial charge in [-0.25, -0.2) is 5.84 Å². The van der Waals surface area contributed by atoms with E-state index in [9.17, 15) is 4.79 Å². The Morgan fingerprint density at radius 2 is 2.27 bits per heavy atom. The Hall–Kier alpha value is -0.650. The number of piperazine rings is 1. The molecule has 5 heteroatoms. The summed E-state index contributed by atoms with van der Waals surface area (Å²) in [4.78, 5) is 16.2. The third-order valence-corrected chi connectivity index (χ3v) is 3.69. The van der Waals surface area contributed by atoms with Crippen LogP contribution in [-0.4, -0.2) is 54.0 Å². The minimum absolute atomic E-state index is 0.0820. The Kier molecular flexibility index (Phi) is 3.23. The van der Waals surface area contributed by atoms with Crippen LogP contribution in [-0.2, 0) is 4.79 Å². The van der Waals surface area contributed by atoms with Gasteiger partial charge in [0.2, 0.25) is 0 Å².